The van der Waals surface area contributed by atoms with Crippen LogP contribution in [0.4, 0.5) is 0 Å². The lowest BCUT2D eigenvalue weighted by atomic mass is 10.1. The summed E-state index contributed by atoms with van der Waals surface area (Å²) in [5.74, 6) is 1.13. The van der Waals surface area contributed by atoms with E-state index in [1.807, 2.05) is 13.1 Å². The molecule has 0 radical (unpaired) electrons. The van der Waals surface area contributed by atoms with Gasteiger partial charge in [0, 0.05) is 13.1 Å². The van der Waals surface area contributed by atoms with Crippen molar-refractivity contribution in [2.45, 2.75) is 31.2 Å². The number of nitrogens with one attached hydrogen (secondary N) is 2. The lowest BCUT2D eigenvalue weighted by molar-refractivity contribution is 0.492. The lowest BCUT2D eigenvalue weighted by Gasteiger charge is -2.12. The van der Waals surface area contributed by atoms with Crippen molar-refractivity contribution in [2.75, 3.05) is 13.6 Å². The fraction of sp³-hybridized carbons (Fsp3) is 0.571. The fourth-order valence-corrected chi connectivity index (χ4v) is 3.40. The highest BCUT2D eigenvalue weighted by atomic mass is 32.2. The van der Waals surface area contributed by atoms with Crippen molar-refractivity contribution in [3.63, 3.8) is 0 Å². The molecule has 0 heterocycles. The highest BCUT2D eigenvalue weighted by molar-refractivity contribution is 7.89. The van der Waals surface area contributed by atoms with Gasteiger partial charge in [-0.15, -0.1) is 0 Å². The Morgan fingerprint density at radius 2 is 2.11 bits per heavy atom. The van der Waals surface area contributed by atoms with Crippen molar-refractivity contribution < 1.29 is 8.42 Å². The minimum Gasteiger partial charge on any atom is -0.316 e. The van der Waals surface area contributed by atoms with Gasteiger partial charge < -0.3 is 5.32 Å². The predicted octanol–water partition coefficient (Wildman–Crippen LogP) is 1.73. The monoisotopic (exact) mass is 282 g/mol. The van der Waals surface area contributed by atoms with Gasteiger partial charge in [0.1, 0.15) is 0 Å². The Balaban J connectivity index is 2.03. The van der Waals surface area contributed by atoms with Crippen molar-refractivity contribution in [2.24, 2.45) is 11.8 Å². The lowest BCUT2D eigenvalue weighted by Crippen LogP contribution is -2.29. The summed E-state index contributed by atoms with van der Waals surface area (Å²) in [5.41, 5.74) is 0.973. The van der Waals surface area contributed by atoms with E-state index in [0.29, 0.717) is 29.8 Å². The molecule has 2 N–H and O–H groups in total. The first kappa shape index (κ1) is 14.5. The van der Waals surface area contributed by atoms with E-state index in [4.69, 9.17) is 0 Å². The Morgan fingerprint density at radius 3 is 2.74 bits per heavy atom. The normalized spacial score (nSPS) is 17.4. The molecule has 0 spiro atoms. The second-order valence-electron chi connectivity index (χ2n) is 5.34. The summed E-state index contributed by atoms with van der Waals surface area (Å²) < 4.78 is 27.1. The molecule has 0 aliphatic heterocycles. The van der Waals surface area contributed by atoms with Gasteiger partial charge in [-0.2, -0.15) is 0 Å². The van der Waals surface area contributed by atoms with Crippen LogP contribution in [0.2, 0.25) is 0 Å². The van der Waals surface area contributed by atoms with Crippen LogP contribution in [-0.4, -0.2) is 22.0 Å². The highest BCUT2D eigenvalue weighted by Gasteiger charge is 2.28. The van der Waals surface area contributed by atoms with E-state index in [0.717, 1.165) is 5.56 Å². The first-order chi connectivity index (χ1) is 9.03. The molecule has 1 aromatic rings. The standard InChI is InChI=1S/C14H22N2O2S/c1-11(13-6-7-13)9-16-19(17,18)14-5-3-4-12(8-14)10-15-2/h3-5,8,11,13,15-16H,6-7,9-10H2,1-2H3. The van der Waals surface area contributed by atoms with Crippen molar-refractivity contribution >= 4 is 10.0 Å². The quantitative estimate of drug-likeness (QED) is 0.801. The number of benzene rings is 1. The third kappa shape index (κ3) is 4.03. The zero-order chi connectivity index (χ0) is 13.9. The Morgan fingerprint density at radius 1 is 1.37 bits per heavy atom. The van der Waals surface area contributed by atoms with Crippen LogP contribution >= 0.6 is 0 Å². The molecule has 0 saturated heterocycles. The average Bonchev–Trinajstić information content (AvgIpc) is 3.21. The maximum atomic E-state index is 12.2. The van der Waals surface area contributed by atoms with E-state index in [2.05, 4.69) is 17.0 Å². The van der Waals surface area contributed by atoms with Crippen molar-refractivity contribution in [3.8, 4) is 0 Å². The Hall–Kier alpha value is -0.910. The SMILES string of the molecule is CNCc1cccc(S(=O)(=O)NCC(C)C2CC2)c1. The molecular weight excluding hydrogens is 260 g/mol. The van der Waals surface area contributed by atoms with Gasteiger partial charge in [0.05, 0.1) is 4.90 Å². The average molecular weight is 282 g/mol. The topological polar surface area (TPSA) is 58.2 Å². The van der Waals surface area contributed by atoms with Gasteiger partial charge in [0.15, 0.2) is 0 Å². The summed E-state index contributed by atoms with van der Waals surface area (Å²) >= 11 is 0. The van der Waals surface area contributed by atoms with Gasteiger partial charge in [-0.05, 0) is 49.4 Å². The molecule has 106 valence electrons. The zero-order valence-corrected chi connectivity index (χ0v) is 12.3. The molecule has 0 aromatic heterocycles. The number of sulfonamides is 1. The molecule has 0 bridgehead atoms. The summed E-state index contributed by atoms with van der Waals surface area (Å²) in [6, 6.07) is 7.07. The van der Waals surface area contributed by atoms with E-state index in [9.17, 15) is 8.42 Å². The van der Waals surface area contributed by atoms with Gasteiger partial charge in [-0.3, -0.25) is 0 Å². The van der Waals surface area contributed by atoms with Crippen LogP contribution in [0.5, 0.6) is 0 Å². The third-order valence-electron chi connectivity index (χ3n) is 3.61. The van der Waals surface area contributed by atoms with Gasteiger partial charge in [-0.25, -0.2) is 13.1 Å². The maximum Gasteiger partial charge on any atom is 0.240 e. The van der Waals surface area contributed by atoms with Crippen LogP contribution in [0.15, 0.2) is 29.2 Å². The van der Waals surface area contributed by atoms with Crippen LogP contribution in [0.3, 0.4) is 0 Å². The van der Waals surface area contributed by atoms with Crippen LogP contribution in [0.1, 0.15) is 25.3 Å². The van der Waals surface area contributed by atoms with Crippen LogP contribution < -0.4 is 10.0 Å². The molecule has 5 heteroatoms. The van der Waals surface area contributed by atoms with Crippen molar-refractivity contribution in [3.05, 3.63) is 29.8 Å². The summed E-state index contributed by atoms with van der Waals surface area (Å²) in [5, 5.41) is 3.02. The molecule has 1 aliphatic rings. The van der Waals surface area contributed by atoms with Crippen molar-refractivity contribution in [1.29, 1.82) is 0 Å². The molecule has 4 nitrogen and oxygen atoms in total. The molecule has 1 saturated carbocycles. The minimum atomic E-state index is -3.38. The molecule has 2 rings (SSSR count). The van der Waals surface area contributed by atoms with E-state index < -0.39 is 10.0 Å². The first-order valence-electron chi connectivity index (χ1n) is 6.76. The molecule has 1 aromatic carbocycles. The van der Waals surface area contributed by atoms with Gasteiger partial charge in [0.2, 0.25) is 10.0 Å². The molecule has 19 heavy (non-hydrogen) atoms. The van der Waals surface area contributed by atoms with Gasteiger partial charge in [0.25, 0.3) is 0 Å². The predicted molar refractivity (Wildman–Crippen MR) is 76.3 cm³/mol. The molecular formula is C14H22N2O2S. The molecule has 1 aliphatic carbocycles. The third-order valence-corrected chi connectivity index (χ3v) is 5.03. The number of rotatable bonds is 7. The molecule has 1 unspecified atom stereocenters. The van der Waals surface area contributed by atoms with Gasteiger partial charge >= 0.3 is 0 Å². The molecule has 1 atom stereocenters. The Bertz CT molecular complexity index is 524. The van der Waals surface area contributed by atoms with E-state index in [1.54, 1.807) is 18.2 Å². The minimum absolute atomic E-state index is 0.350. The van der Waals surface area contributed by atoms with E-state index >= 15 is 0 Å². The summed E-state index contributed by atoms with van der Waals surface area (Å²) in [6.07, 6.45) is 2.47. The Kier molecular flexibility index (Phi) is 4.60. The van der Waals surface area contributed by atoms with Crippen molar-refractivity contribution in [1.82, 2.24) is 10.0 Å². The molecule has 0 amide bonds. The summed E-state index contributed by atoms with van der Waals surface area (Å²) in [4.78, 5) is 0.350. The fourth-order valence-electron chi connectivity index (χ4n) is 2.18. The summed E-state index contributed by atoms with van der Waals surface area (Å²) in [6.45, 7) is 3.31. The highest BCUT2D eigenvalue weighted by Crippen LogP contribution is 2.36. The number of hydrogen-bond donors (Lipinski definition) is 2. The maximum absolute atomic E-state index is 12.2. The van der Waals surface area contributed by atoms with Crippen LogP contribution in [0, 0.1) is 11.8 Å². The zero-order valence-electron chi connectivity index (χ0n) is 11.5. The molecule has 1 fully saturated rings. The number of hydrogen-bond acceptors (Lipinski definition) is 3. The largest absolute Gasteiger partial charge is 0.316 e. The van der Waals surface area contributed by atoms with Crippen LogP contribution in [-0.2, 0) is 16.6 Å². The Labute approximate surface area is 115 Å². The second-order valence-corrected chi connectivity index (χ2v) is 7.11. The van der Waals surface area contributed by atoms with E-state index in [1.165, 1.54) is 12.8 Å². The first-order valence-corrected chi connectivity index (χ1v) is 8.24. The summed E-state index contributed by atoms with van der Waals surface area (Å²) in [7, 11) is -1.54. The smallest absolute Gasteiger partial charge is 0.240 e. The van der Waals surface area contributed by atoms with Gasteiger partial charge in [-0.1, -0.05) is 19.1 Å². The second kappa shape index (κ2) is 6.03. The van der Waals surface area contributed by atoms with Crippen LogP contribution in [0.25, 0.3) is 0 Å². The van der Waals surface area contributed by atoms with E-state index in [-0.39, 0.29) is 0 Å².